The summed E-state index contributed by atoms with van der Waals surface area (Å²) in [5.74, 6) is 0. The van der Waals surface area contributed by atoms with E-state index in [0.717, 1.165) is 6.54 Å². The third-order valence-corrected chi connectivity index (χ3v) is 3.13. The maximum atomic E-state index is 8.88. The number of nitrogens with zero attached hydrogens (tertiary/aromatic N) is 2. The number of hydrogen-bond acceptors (Lipinski definition) is 3. The lowest BCUT2D eigenvalue weighted by atomic mass is 10.1. The highest BCUT2D eigenvalue weighted by Gasteiger charge is 2.21. The molecule has 2 rings (SSSR count). The summed E-state index contributed by atoms with van der Waals surface area (Å²) >= 11 is 0. The van der Waals surface area contributed by atoms with E-state index in [9.17, 15) is 0 Å². The Bertz CT molecular complexity index is 422. The molecule has 0 aromatic heterocycles. The van der Waals surface area contributed by atoms with Crippen LogP contribution in [0.5, 0.6) is 0 Å². The van der Waals surface area contributed by atoms with Gasteiger partial charge < -0.3 is 9.64 Å². The van der Waals surface area contributed by atoms with Crippen molar-refractivity contribution in [1.82, 2.24) is 0 Å². The Morgan fingerprint density at radius 3 is 3.00 bits per heavy atom. The van der Waals surface area contributed by atoms with Gasteiger partial charge in [-0.1, -0.05) is 12.1 Å². The molecule has 0 spiro atoms. The summed E-state index contributed by atoms with van der Waals surface area (Å²) in [6.07, 6.45) is -0.298. The highest BCUT2D eigenvalue weighted by atomic mass is 16.5. The molecule has 1 aromatic carbocycles. The van der Waals surface area contributed by atoms with Crippen LogP contribution in [0.15, 0.2) is 18.2 Å². The molecule has 1 aliphatic rings. The number of aryl methyl sites for hydroxylation is 1. The van der Waals surface area contributed by atoms with E-state index in [-0.39, 0.29) is 6.10 Å². The molecule has 1 fully saturated rings. The Hall–Kier alpha value is -1.53. The Labute approximate surface area is 96.2 Å². The Kier molecular flexibility index (Phi) is 3.12. The quantitative estimate of drug-likeness (QED) is 0.720. The van der Waals surface area contributed by atoms with Gasteiger partial charge in [-0.2, -0.15) is 5.26 Å². The largest absolute Gasteiger partial charge is 0.365 e. The minimum atomic E-state index is -0.298. The fourth-order valence-corrected chi connectivity index (χ4v) is 2.02. The molecule has 0 radical (unpaired) electrons. The van der Waals surface area contributed by atoms with Crippen molar-refractivity contribution < 1.29 is 4.74 Å². The molecule has 1 atom stereocenters. The number of hydrogen-bond donors (Lipinski definition) is 0. The topological polar surface area (TPSA) is 36.3 Å². The monoisotopic (exact) mass is 216 g/mol. The summed E-state index contributed by atoms with van der Waals surface area (Å²) in [5.41, 5.74) is 3.81. The first-order chi connectivity index (χ1) is 7.72. The van der Waals surface area contributed by atoms with Gasteiger partial charge >= 0.3 is 0 Å². The second-order valence-corrected chi connectivity index (χ2v) is 4.15. The molecule has 3 heteroatoms. The summed E-state index contributed by atoms with van der Waals surface area (Å²) < 4.78 is 5.35. The fraction of sp³-hybridized carbons (Fsp3) is 0.462. The lowest BCUT2D eigenvalue weighted by molar-refractivity contribution is 0.0764. The zero-order valence-corrected chi connectivity index (χ0v) is 9.73. The summed E-state index contributed by atoms with van der Waals surface area (Å²) in [4.78, 5) is 2.24. The third kappa shape index (κ3) is 2.02. The lowest BCUT2D eigenvalue weighted by Crippen LogP contribution is -2.42. The van der Waals surface area contributed by atoms with Gasteiger partial charge in [-0.05, 0) is 31.0 Å². The highest BCUT2D eigenvalue weighted by molar-refractivity contribution is 5.56. The zero-order valence-electron chi connectivity index (χ0n) is 9.73. The second kappa shape index (κ2) is 4.54. The molecule has 0 saturated carbocycles. The van der Waals surface area contributed by atoms with Crippen molar-refractivity contribution in [3.8, 4) is 6.07 Å². The van der Waals surface area contributed by atoms with Gasteiger partial charge in [0.1, 0.15) is 0 Å². The average Bonchev–Trinajstić information content (AvgIpc) is 2.33. The van der Waals surface area contributed by atoms with Gasteiger partial charge in [0.05, 0.1) is 19.2 Å². The van der Waals surface area contributed by atoms with E-state index in [1.807, 2.05) is 0 Å². The number of anilines is 1. The number of morpholine rings is 1. The van der Waals surface area contributed by atoms with Gasteiger partial charge in [0.2, 0.25) is 0 Å². The standard InChI is InChI=1S/C13H16N2O/c1-10-4-3-5-13(11(10)2)15-6-7-16-12(8-14)9-15/h3-5,12H,6-7,9H2,1-2H3. The third-order valence-electron chi connectivity index (χ3n) is 3.13. The molecule has 0 N–H and O–H groups in total. The molecule has 1 aromatic rings. The fourth-order valence-electron chi connectivity index (χ4n) is 2.02. The van der Waals surface area contributed by atoms with Crippen LogP contribution in [0.2, 0.25) is 0 Å². The number of rotatable bonds is 1. The normalized spacial score (nSPS) is 20.6. The molecule has 0 aliphatic carbocycles. The Morgan fingerprint density at radius 2 is 2.25 bits per heavy atom. The van der Waals surface area contributed by atoms with Crippen LogP contribution in [0, 0.1) is 25.2 Å². The zero-order chi connectivity index (χ0) is 11.5. The maximum Gasteiger partial charge on any atom is 0.161 e. The Balaban J connectivity index is 2.24. The van der Waals surface area contributed by atoms with Gasteiger partial charge in [-0.15, -0.1) is 0 Å². The van der Waals surface area contributed by atoms with Gasteiger partial charge in [-0.25, -0.2) is 0 Å². The number of nitriles is 1. The molecular formula is C13H16N2O. The van der Waals surface area contributed by atoms with Gasteiger partial charge in [0.15, 0.2) is 6.10 Å². The van der Waals surface area contributed by atoms with Crippen LogP contribution >= 0.6 is 0 Å². The predicted molar refractivity (Wildman–Crippen MR) is 63.5 cm³/mol. The van der Waals surface area contributed by atoms with Crippen molar-refractivity contribution in [2.45, 2.75) is 20.0 Å². The molecule has 1 unspecified atom stereocenters. The molecule has 84 valence electrons. The van der Waals surface area contributed by atoms with Gasteiger partial charge in [-0.3, -0.25) is 0 Å². The van der Waals surface area contributed by atoms with Crippen molar-refractivity contribution in [3.63, 3.8) is 0 Å². The van der Waals surface area contributed by atoms with Crippen molar-refractivity contribution >= 4 is 5.69 Å². The molecule has 16 heavy (non-hydrogen) atoms. The van der Waals surface area contributed by atoms with Crippen LogP contribution in [0.1, 0.15) is 11.1 Å². The van der Waals surface area contributed by atoms with E-state index >= 15 is 0 Å². The lowest BCUT2D eigenvalue weighted by Gasteiger charge is -2.33. The first kappa shape index (κ1) is 11.0. The first-order valence-corrected chi connectivity index (χ1v) is 5.54. The predicted octanol–water partition coefficient (Wildman–Crippen LogP) is 2.03. The SMILES string of the molecule is Cc1cccc(N2CCOC(C#N)C2)c1C. The van der Waals surface area contributed by atoms with E-state index in [1.54, 1.807) is 0 Å². The van der Waals surface area contributed by atoms with Crippen molar-refractivity contribution in [3.05, 3.63) is 29.3 Å². The first-order valence-electron chi connectivity index (χ1n) is 5.54. The molecule has 1 heterocycles. The summed E-state index contributed by atoms with van der Waals surface area (Å²) in [6, 6.07) is 8.46. The van der Waals surface area contributed by atoms with Crippen LogP contribution in [0.25, 0.3) is 0 Å². The van der Waals surface area contributed by atoms with E-state index < -0.39 is 0 Å². The molecule has 0 amide bonds. The molecule has 1 aliphatic heterocycles. The van der Waals surface area contributed by atoms with E-state index in [0.29, 0.717) is 13.2 Å². The maximum absolute atomic E-state index is 8.88. The number of ether oxygens (including phenoxy) is 1. The van der Waals surface area contributed by atoms with Crippen LogP contribution in [-0.2, 0) is 4.74 Å². The van der Waals surface area contributed by atoms with Crippen molar-refractivity contribution in [2.24, 2.45) is 0 Å². The molecular weight excluding hydrogens is 200 g/mol. The van der Waals surface area contributed by atoms with Crippen LogP contribution in [-0.4, -0.2) is 25.8 Å². The van der Waals surface area contributed by atoms with Crippen molar-refractivity contribution in [2.75, 3.05) is 24.6 Å². The van der Waals surface area contributed by atoms with E-state index in [2.05, 4.69) is 43.0 Å². The highest BCUT2D eigenvalue weighted by Crippen LogP contribution is 2.24. The summed E-state index contributed by atoms with van der Waals surface area (Å²) in [6.45, 7) is 6.40. The smallest absolute Gasteiger partial charge is 0.161 e. The van der Waals surface area contributed by atoms with Crippen LogP contribution in [0.4, 0.5) is 5.69 Å². The second-order valence-electron chi connectivity index (χ2n) is 4.15. The van der Waals surface area contributed by atoms with Crippen LogP contribution < -0.4 is 4.90 Å². The molecule has 3 nitrogen and oxygen atoms in total. The van der Waals surface area contributed by atoms with Gasteiger partial charge in [0.25, 0.3) is 0 Å². The van der Waals surface area contributed by atoms with Crippen molar-refractivity contribution in [1.29, 1.82) is 5.26 Å². The molecule has 1 saturated heterocycles. The number of benzene rings is 1. The van der Waals surface area contributed by atoms with Gasteiger partial charge in [0, 0.05) is 12.2 Å². The van der Waals surface area contributed by atoms with E-state index in [4.69, 9.17) is 10.00 Å². The average molecular weight is 216 g/mol. The molecule has 0 bridgehead atoms. The van der Waals surface area contributed by atoms with E-state index in [1.165, 1.54) is 16.8 Å². The Morgan fingerprint density at radius 1 is 1.44 bits per heavy atom. The minimum absolute atomic E-state index is 0.298. The minimum Gasteiger partial charge on any atom is -0.365 e. The summed E-state index contributed by atoms with van der Waals surface area (Å²) in [5, 5.41) is 8.88. The summed E-state index contributed by atoms with van der Waals surface area (Å²) in [7, 11) is 0. The van der Waals surface area contributed by atoms with Crippen LogP contribution in [0.3, 0.4) is 0 Å².